The maximum atomic E-state index is 2.40. The van der Waals surface area contributed by atoms with Crippen molar-refractivity contribution in [3.8, 4) is 0 Å². The fraction of sp³-hybridized carbons (Fsp3) is 0.429. The highest BCUT2D eigenvalue weighted by atomic mass is 15.1. The van der Waals surface area contributed by atoms with E-state index in [1.807, 2.05) is 0 Å². The summed E-state index contributed by atoms with van der Waals surface area (Å²) in [7, 11) is 0. The summed E-state index contributed by atoms with van der Waals surface area (Å²) < 4.78 is 0. The van der Waals surface area contributed by atoms with Gasteiger partial charge in [-0.3, -0.25) is 0 Å². The van der Waals surface area contributed by atoms with E-state index in [1.54, 1.807) is 0 Å². The van der Waals surface area contributed by atoms with Crippen LogP contribution in [0.2, 0.25) is 0 Å². The highest BCUT2D eigenvalue weighted by molar-refractivity contribution is 5.51. The molecule has 6 aliphatic rings. The smallest absolute Gasteiger partial charge is 0.0470 e. The second-order valence-corrected chi connectivity index (χ2v) is 19.7. The third-order valence-corrected chi connectivity index (χ3v) is 13.9. The maximum absolute atomic E-state index is 2.40. The molecule has 0 radical (unpaired) electrons. The number of hydrogen-bond acceptors (Lipinski definition) is 6. The Kier molecular flexibility index (Phi) is 21.1. The van der Waals surface area contributed by atoms with E-state index < -0.39 is 0 Å². The maximum Gasteiger partial charge on any atom is 0.0470 e. The van der Waals surface area contributed by atoms with Crippen molar-refractivity contribution in [2.75, 3.05) is 19.6 Å². The molecule has 0 spiro atoms. The summed E-state index contributed by atoms with van der Waals surface area (Å²) in [5.74, 6) is 0. The summed E-state index contributed by atoms with van der Waals surface area (Å²) in [6.07, 6.45) is 77.9. The minimum atomic E-state index is 0.807. The average molecular weight is 925 g/mol. The topological polar surface area (TPSA) is 19.4 Å². The van der Waals surface area contributed by atoms with Crippen molar-refractivity contribution in [2.45, 2.75) is 156 Å². The average Bonchev–Trinajstić information content (AvgIpc) is 3.38. The zero-order valence-corrected chi connectivity index (χ0v) is 42.7. The summed E-state index contributed by atoms with van der Waals surface area (Å²) >= 11 is 0. The minimum Gasteiger partial charge on any atom is -0.354 e. The summed E-state index contributed by atoms with van der Waals surface area (Å²) in [5.41, 5.74) is 11.4. The molecule has 6 aliphatic heterocycles. The van der Waals surface area contributed by atoms with E-state index in [-0.39, 0.29) is 0 Å². The molecule has 69 heavy (non-hydrogen) atoms. The van der Waals surface area contributed by atoms with Gasteiger partial charge in [0.25, 0.3) is 0 Å². The second kappa shape index (κ2) is 28.6. The van der Waals surface area contributed by atoms with E-state index in [2.05, 4.69) is 216 Å². The summed E-state index contributed by atoms with van der Waals surface area (Å²) in [4.78, 5) is 13.9. The first-order valence-electron chi connectivity index (χ1n) is 27.1. The number of allylic oxidation sites excluding steroid dienone is 18. The van der Waals surface area contributed by atoms with Crippen molar-refractivity contribution >= 4 is 0 Å². The van der Waals surface area contributed by atoms with Gasteiger partial charge in [-0.25, -0.2) is 0 Å². The number of nitrogens with zero attached hydrogens (tertiary/aromatic N) is 6. The van der Waals surface area contributed by atoms with Gasteiger partial charge in [-0.05, 0) is 142 Å². The van der Waals surface area contributed by atoms with Gasteiger partial charge >= 0.3 is 0 Å². The summed E-state index contributed by atoms with van der Waals surface area (Å²) in [6, 6.07) is 7.19. The van der Waals surface area contributed by atoms with Gasteiger partial charge in [-0.1, -0.05) is 135 Å². The van der Waals surface area contributed by atoms with Crippen LogP contribution >= 0.6 is 0 Å². The molecule has 0 fully saturated rings. The van der Waals surface area contributed by atoms with Gasteiger partial charge in [0.05, 0.1) is 0 Å². The van der Waals surface area contributed by atoms with Gasteiger partial charge in [0.1, 0.15) is 0 Å². The molecule has 6 nitrogen and oxygen atoms in total. The van der Waals surface area contributed by atoms with E-state index in [4.69, 9.17) is 0 Å². The molecule has 0 saturated heterocycles. The zero-order chi connectivity index (χ0) is 47.7. The van der Waals surface area contributed by atoms with Crippen molar-refractivity contribution in [3.05, 3.63) is 216 Å². The first-order valence-corrected chi connectivity index (χ1v) is 27.1. The lowest BCUT2D eigenvalue weighted by Gasteiger charge is -2.25. The molecule has 1 aromatic carbocycles. The van der Waals surface area contributed by atoms with Gasteiger partial charge in [-0.2, -0.15) is 0 Å². The van der Waals surface area contributed by atoms with Crippen LogP contribution in [0.5, 0.6) is 0 Å². The normalized spacial score (nSPS) is 17.3. The molecule has 0 saturated carbocycles. The number of benzene rings is 1. The van der Waals surface area contributed by atoms with Crippen LogP contribution in [-0.2, 0) is 19.6 Å². The van der Waals surface area contributed by atoms with Crippen molar-refractivity contribution in [3.63, 3.8) is 0 Å². The van der Waals surface area contributed by atoms with Crippen LogP contribution in [0.15, 0.2) is 199 Å². The Hall–Kier alpha value is -5.88. The van der Waals surface area contributed by atoms with E-state index >= 15 is 0 Å². The van der Waals surface area contributed by atoms with Gasteiger partial charge in [-0.15, -0.1) is 0 Å². The molecule has 7 rings (SSSR count). The quantitative estimate of drug-likeness (QED) is 0.0813. The first kappa shape index (κ1) is 51.0. The van der Waals surface area contributed by atoms with Gasteiger partial charge in [0.2, 0.25) is 0 Å². The van der Waals surface area contributed by atoms with Crippen molar-refractivity contribution in [1.82, 2.24) is 29.4 Å². The van der Waals surface area contributed by atoms with Crippen LogP contribution in [0, 0.1) is 0 Å². The summed E-state index contributed by atoms with van der Waals surface area (Å²) in [6.45, 7) is 12.5. The lowest BCUT2D eigenvalue weighted by atomic mass is 10.0. The molecule has 0 N–H and O–H groups in total. The van der Waals surface area contributed by atoms with Crippen LogP contribution < -0.4 is 0 Å². The Labute approximate surface area is 418 Å². The standard InChI is InChI=1S/C63H84N6/c1-4-7-10-13-16-19-34-64-37-22-58(23-38-64)61-28-43-67(44-29-61)52-55-49-56(53-68-45-30-62(31-46-68)59-24-39-65(40-25-59)35-20-17-14-11-8-5-2)51-57(50-55)54-69-47-32-63(33-48-69)60-26-41-66(42-27-60)36-21-18-15-12-9-6-3/h22-33,37-51H,4-21,34-36,52-54H2,1-3H3. The molecule has 0 amide bonds. The fourth-order valence-corrected chi connectivity index (χ4v) is 9.63. The number of rotatable bonds is 27. The highest BCUT2D eigenvalue weighted by Crippen LogP contribution is 2.27. The van der Waals surface area contributed by atoms with Crippen LogP contribution in [0.25, 0.3) is 0 Å². The Morgan fingerprint density at radius 1 is 0.232 bits per heavy atom. The molecule has 0 atom stereocenters. The SMILES string of the molecule is CCCCCCCCN1C=CC(=C2C=CN(Cc3cc(CN4C=CC(=C5C=CN(CCCCCCCC)C=C5)C=C4)cc(CN4C=CC(=C5C=CN(CCCCCCCC)C=C5)C=C4)c3)C=C2)C=C1. The first-order chi connectivity index (χ1) is 34.0. The van der Waals surface area contributed by atoms with E-state index in [0.717, 1.165) is 39.3 Å². The molecule has 0 aromatic heterocycles. The third kappa shape index (κ3) is 17.2. The van der Waals surface area contributed by atoms with Crippen LogP contribution in [0.3, 0.4) is 0 Å². The molecular formula is C63H84N6. The number of unbranched alkanes of at least 4 members (excludes halogenated alkanes) is 15. The third-order valence-electron chi connectivity index (χ3n) is 13.9. The van der Waals surface area contributed by atoms with Gasteiger partial charge in [0, 0.05) is 114 Å². The molecule has 366 valence electrons. The van der Waals surface area contributed by atoms with Crippen molar-refractivity contribution < 1.29 is 0 Å². The Morgan fingerprint density at radius 2 is 0.420 bits per heavy atom. The molecule has 6 heteroatoms. The highest BCUT2D eigenvalue weighted by Gasteiger charge is 2.14. The van der Waals surface area contributed by atoms with Crippen molar-refractivity contribution in [2.24, 2.45) is 0 Å². The molecule has 1 aromatic rings. The van der Waals surface area contributed by atoms with Crippen LogP contribution in [-0.4, -0.2) is 49.0 Å². The lowest BCUT2D eigenvalue weighted by Crippen LogP contribution is -2.17. The van der Waals surface area contributed by atoms with E-state index in [9.17, 15) is 0 Å². The van der Waals surface area contributed by atoms with Gasteiger partial charge in [0.15, 0.2) is 0 Å². The van der Waals surface area contributed by atoms with Gasteiger partial charge < -0.3 is 29.4 Å². The zero-order valence-electron chi connectivity index (χ0n) is 42.7. The Bertz CT molecular complexity index is 1920. The Morgan fingerprint density at radius 3 is 0.638 bits per heavy atom. The predicted molar refractivity (Wildman–Crippen MR) is 294 cm³/mol. The minimum absolute atomic E-state index is 0.807. The lowest BCUT2D eigenvalue weighted by molar-refractivity contribution is 0.463. The summed E-state index contributed by atoms with van der Waals surface area (Å²) in [5, 5.41) is 0. The van der Waals surface area contributed by atoms with E-state index in [1.165, 1.54) is 166 Å². The van der Waals surface area contributed by atoms with Crippen molar-refractivity contribution in [1.29, 1.82) is 0 Å². The number of hydrogen-bond donors (Lipinski definition) is 0. The second-order valence-electron chi connectivity index (χ2n) is 19.7. The predicted octanol–water partition coefficient (Wildman–Crippen LogP) is 16.2. The largest absolute Gasteiger partial charge is 0.354 e. The molecule has 0 unspecified atom stereocenters. The monoisotopic (exact) mass is 925 g/mol. The van der Waals surface area contributed by atoms with Crippen LogP contribution in [0.1, 0.15) is 153 Å². The fourth-order valence-electron chi connectivity index (χ4n) is 9.63. The molecule has 0 aliphatic carbocycles. The molecule has 0 bridgehead atoms. The molecular weight excluding hydrogens is 841 g/mol. The Balaban J connectivity index is 0.968. The van der Waals surface area contributed by atoms with E-state index in [0.29, 0.717) is 0 Å². The molecule has 6 heterocycles. The van der Waals surface area contributed by atoms with Crippen LogP contribution in [0.4, 0.5) is 0 Å².